The minimum atomic E-state index is -4.44. The van der Waals surface area contributed by atoms with Crippen LogP contribution in [0.25, 0.3) is 0 Å². The second-order valence-corrected chi connectivity index (χ2v) is 5.33. The van der Waals surface area contributed by atoms with E-state index in [2.05, 4.69) is 5.32 Å². The Bertz CT molecular complexity index is 368. The maximum atomic E-state index is 12.1. The van der Waals surface area contributed by atoms with E-state index in [1.165, 1.54) is 6.92 Å². The van der Waals surface area contributed by atoms with E-state index in [1.54, 1.807) is 17.1 Å². The van der Waals surface area contributed by atoms with E-state index in [0.29, 0.717) is 13.1 Å². The average molecular weight is 309 g/mol. The van der Waals surface area contributed by atoms with Gasteiger partial charge in [-0.3, -0.25) is 14.9 Å². The Balaban J connectivity index is 2.39. The number of piperidine rings is 1. The number of nitrogens with zero attached hydrogens (tertiary/aromatic N) is 1. The van der Waals surface area contributed by atoms with Gasteiger partial charge in [0.25, 0.3) is 0 Å². The van der Waals surface area contributed by atoms with Crippen molar-refractivity contribution in [3.63, 3.8) is 0 Å². The second kappa shape index (κ2) is 7.63. The smallest absolute Gasteiger partial charge is 0.346 e. The standard InChI is InChI=1S/C13H22F3N3O2/c1-9(11(20)17-8-13(14,15)16)18-10(2)12(21)19-6-4-3-5-7-19/h9-10,18H,3-8H2,1-2H3,(H,17,20). The largest absolute Gasteiger partial charge is 0.405 e. The molecule has 2 N–H and O–H groups in total. The van der Waals surface area contributed by atoms with Crippen molar-refractivity contribution in [3.8, 4) is 0 Å². The third kappa shape index (κ3) is 6.33. The molecular formula is C13H22F3N3O2. The summed E-state index contributed by atoms with van der Waals surface area (Å²) in [5.41, 5.74) is 0. The first-order valence-electron chi connectivity index (χ1n) is 7.10. The van der Waals surface area contributed by atoms with Gasteiger partial charge >= 0.3 is 6.18 Å². The van der Waals surface area contributed by atoms with Crippen molar-refractivity contribution >= 4 is 11.8 Å². The summed E-state index contributed by atoms with van der Waals surface area (Å²) >= 11 is 0. The predicted molar refractivity (Wildman–Crippen MR) is 71.6 cm³/mol. The van der Waals surface area contributed by atoms with Crippen LogP contribution in [-0.4, -0.2) is 54.6 Å². The number of carbonyl (C=O) groups excluding carboxylic acids is 2. The molecule has 122 valence electrons. The van der Waals surface area contributed by atoms with Crippen molar-refractivity contribution < 1.29 is 22.8 Å². The van der Waals surface area contributed by atoms with Crippen LogP contribution in [0.1, 0.15) is 33.1 Å². The van der Waals surface area contributed by atoms with Gasteiger partial charge in [-0.25, -0.2) is 0 Å². The number of likely N-dealkylation sites (tertiary alicyclic amines) is 1. The van der Waals surface area contributed by atoms with Crippen LogP contribution in [0.4, 0.5) is 13.2 Å². The molecule has 0 aromatic heterocycles. The zero-order valence-corrected chi connectivity index (χ0v) is 12.3. The Kier molecular flexibility index (Phi) is 6.44. The van der Waals surface area contributed by atoms with Gasteiger partial charge in [0.1, 0.15) is 6.54 Å². The highest BCUT2D eigenvalue weighted by molar-refractivity contribution is 5.85. The molecule has 0 aromatic carbocycles. The monoisotopic (exact) mass is 309 g/mol. The van der Waals surface area contributed by atoms with Gasteiger partial charge < -0.3 is 10.2 Å². The zero-order valence-electron chi connectivity index (χ0n) is 12.3. The van der Waals surface area contributed by atoms with E-state index in [1.807, 2.05) is 0 Å². The molecule has 1 aliphatic heterocycles. The Morgan fingerprint density at radius 2 is 1.67 bits per heavy atom. The second-order valence-electron chi connectivity index (χ2n) is 5.33. The fourth-order valence-corrected chi connectivity index (χ4v) is 2.25. The Hall–Kier alpha value is -1.31. The van der Waals surface area contributed by atoms with Crippen molar-refractivity contribution in [2.75, 3.05) is 19.6 Å². The fraction of sp³-hybridized carbons (Fsp3) is 0.846. The van der Waals surface area contributed by atoms with E-state index < -0.39 is 30.7 Å². The molecule has 21 heavy (non-hydrogen) atoms. The average Bonchev–Trinajstić information content (AvgIpc) is 2.43. The maximum absolute atomic E-state index is 12.1. The van der Waals surface area contributed by atoms with Crippen LogP contribution < -0.4 is 10.6 Å². The topological polar surface area (TPSA) is 61.4 Å². The van der Waals surface area contributed by atoms with Crippen LogP contribution in [0.3, 0.4) is 0 Å². The molecule has 0 aromatic rings. The van der Waals surface area contributed by atoms with Crippen LogP contribution >= 0.6 is 0 Å². The number of nitrogens with one attached hydrogen (secondary N) is 2. The first kappa shape index (κ1) is 17.7. The van der Waals surface area contributed by atoms with Crippen molar-refractivity contribution in [1.82, 2.24) is 15.5 Å². The van der Waals surface area contributed by atoms with Crippen LogP contribution in [-0.2, 0) is 9.59 Å². The SMILES string of the molecule is CC(NC(C)C(=O)N1CCCCC1)C(=O)NCC(F)(F)F. The van der Waals surface area contributed by atoms with Gasteiger partial charge in [-0.05, 0) is 33.1 Å². The third-order valence-electron chi connectivity index (χ3n) is 3.39. The van der Waals surface area contributed by atoms with E-state index in [0.717, 1.165) is 19.3 Å². The van der Waals surface area contributed by atoms with Crippen LogP contribution in [0.15, 0.2) is 0 Å². The number of amides is 2. The summed E-state index contributed by atoms with van der Waals surface area (Å²) in [6.45, 7) is 3.07. The molecule has 2 unspecified atom stereocenters. The number of halogens is 3. The molecule has 1 rings (SSSR count). The highest BCUT2D eigenvalue weighted by atomic mass is 19.4. The first-order valence-corrected chi connectivity index (χ1v) is 7.10. The molecule has 8 heteroatoms. The Morgan fingerprint density at radius 3 is 2.19 bits per heavy atom. The predicted octanol–water partition coefficient (Wildman–Crippen LogP) is 1.04. The normalized spacial score (nSPS) is 19.0. The van der Waals surface area contributed by atoms with Gasteiger partial charge in [-0.2, -0.15) is 13.2 Å². The summed E-state index contributed by atoms with van der Waals surface area (Å²) in [4.78, 5) is 25.4. The molecular weight excluding hydrogens is 287 g/mol. The summed E-state index contributed by atoms with van der Waals surface area (Å²) in [6, 6.07) is -1.47. The van der Waals surface area contributed by atoms with Crippen LogP contribution in [0, 0.1) is 0 Å². The highest BCUT2D eigenvalue weighted by Crippen LogP contribution is 2.12. The van der Waals surface area contributed by atoms with Crippen LogP contribution in [0.5, 0.6) is 0 Å². The molecule has 1 aliphatic rings. The molecule has 1 heterocycles. The Morgan fingerprint density at radius 1 is 1.10 bits per heavy atom. The highest BCUT2D eigenvalue weighted by Gasteiger charge is 2.30. The lowest BCUT2D eigenvalue weighted by Crippen LogP contribution is -2.53. The minimum absolute atomic E-state index is 0.120. The van der Waals surface area contributed by atoms with Crippen molar-refractivity contribution in [1.29, 1.82) is 0 Å². The summed E-state index contributed by atoms with van der Waals surface area (Å²) < 4.78 is 36.1. The summed E-state index contributed by atoms with van der Waals surface area (Å²) in [7, 11) is 0. The van der Waals surface area contributed by atoms with Crippen molar-refractivity contribution in [2.24, 2.45) is 0 Å². The molecule has 2 atom stereocenters. The first-order chi connectivity index (χ1) is 9.70. The summed E-state index contributed by atoms with van der Waals surface area (Å²) in [5, 5.41) is 4.54. The van der Waals surface area contributed by atoms with Gasteiger partial charge in [0, 0.05) is 13.1 Å². The van der Waals surface area contributed by atoms with Crippen molar-refractivity contribution in [3.05, 3.63) is 0 Å². The van der Waals surface area contributed by atoms with E-state index in [9.17, 15) is 22.8 Å². The number of hydrogen-bond donors (Lipinski definition) is 2. The molecule has 1 fully saturated rings. The van der Waals surface area contributed by atoms with E-state index >= 15 is 0 Å². The molecule has 0 bridgehead atoms. The molecule has 1 saturated heterocycles. The molecule has 5 nitrogen and oxygen atoms in total. The molecule has 2 amide bonds. The van der Waals surface area contributed by atoms with E-state index in [4.69, 9.17) is 0 Å². The number of alkyl halides is 3. The lowest BCUT2D eigenvalue weighted by molar-refractivity contribution is -0.140. The van der Waals surface area contributed by atoms with Gasteiger partial charge in [0.2, 0.25) is 11.8 Å². The molecule has 0 saturated carbocycles. The van der Waals surface area contributed by atoms with E-state index in [-0.39, 0.29) is 5.91 Å². The lowest BCUT2D eigenvalue weighted by atomic mass is 10.1. The summed E-state index contributed by atoms with van der Waals surface area (Å²) in [5.74, 6) is -0.893. The van der Waals surface area contributed by atoms with Gasteiger partial charge in [0.05, 0.1) is 12.1 Å². The minimum Gasteiger partial charge on any atom is -0.346 e. The van der Waals surface area contributed by atoms with Gasteiger partial charge in [-0.1, -0.05) is 0 Å². The fourth-order valence-electron chi connectivity index (χ4n) is 2.25. The van der Waals surface area contributed by atoms with Crippen LogP contribution in [0.2, 0.25) is 0 Å². The summed E-state index contributed by atoms with van der Waals surface area (Å²) in [6.07, 6.45) is -1.42. The number of carbonyl (C=O) groups is 2. The lowest BCUT2D eigenvalue weighted by Gasteiger charge is -2.30. The Labute approximate surface area is 122 Å². The molecule has 0 spiro atoms. The quantitative estimate of drug-likeness (QED) is 0.798. The molecule has 0 aliphatic carbocycles. The molecule has 0 radical (unpaired) electrons. The third-order valence-corrected chi connectivity index (χ3v) is 3.39. The number of hydrogen-bond acceptors (Lipinski definition) is 3. The zero-order chi connectivity index (χ0) is 16.0. The maximum Gasteiger partial charge on any atom is 0.405 e. The van der Waals surface area contributed by atoms with Gasteiger partial charge in [-0.15, -0.1) is 0 Å². The van der Waals surface area contributed by atoms with Crippen molar-refractivity contribution in [2.45, 2.75) is 51.4 Å². The number of rotatable bonds is 5. The van der Waals surface area contributed by atoms with Gasteiger partial charge in [0.15, 0.2) is 0 Å².